The summed E-state index contributed by atoms with van der Waals surface area (Å²) in [4.78, 5) is 0. The zero-order valence-electron chi connectivity index (χ0n) is 13.9. The number of rotatable bonds is 7. The molecule has 0 bridgehead atoms. The summed E-state index contributed by atoms with van der Waals surface area (Å²) in [6, 6.07) is 0.688. The van der Waals surface area contributed by atoms with Crippen LogP contribution in [0.5, 0.6) is 0 Å². The maximum absolute atomic E-state index is 6.58. The van der Waals surface area contributed by atoms with E-state index in [0.29, 0.717) is 23.7 Å². The predicted octanol–water partition coefficient (Wildman–Crippen LogP) is 4.67. The normalized spacial score (nSPS) is 30.8. The fraction of sp³-hybridized carbons (Fsp3) is 1.00. The number of hydrogen-bond acceptors (Lipinski definition) is 2. The molecule has 0 heterocycles. The third-order valence-electron chi connectivity index (χ3n) is 5.90. The summed E-state index contributed by atoms with van der Waals surface area (Å²) < 4.78 is 6.58. The highest BCUT2D eigenvalue weighted by Crippen LogP contribution is 2.49. The van der Waals surface area contributed by atoms with Gasteiger partial charge in [0.15, 0.2) is 0 Å². The second kappa shape index (κ2) is 7.79. The molecule has 2 atom stereocenters. The smallest absolute Gasteiger partial charge is 0.0664 e. The van der Waals surface area contributed by atoms with Crippen LogP contribution >= 0.6 is 0 Å². The molecule has 2 fully saturated rings. The summed E-state index contributed by atoms with van der Waals surface area (Å²) in [7, 11) is 0. The first kappa shape index (κ1) is 16.3. The lowest BCUT2D eigenvalue weighted by molar-refractivity contribution is -0.168. The lowest BCUT2D eigenvalue weighted by Crippen LogP contribution is -2.64. The average Bonchev–Trinajstić information content (AvgIpc) is 2.72. The molecular formula is C18H35NO. The Balaban J connectivity index is 1.90. The quantitative estimate of drug-likeness (QED) is 0.685. The van der Waals surface area contributed by atoms with Crippen molar-refractivity contribution in [1.82, 2.24) is 5.32 Å². The molecule has 2 aliphatic carbocycles. The van der Waals surface area contributed by atoms with Crippen molar-refractivity contribution in [2.45, 2.75) is 103 Å². The van der Waals surface area contributed by atoms with Crippen LogP contribution in [-0.2, 0) is 4.74 Å². The highest BCUT2D eigenvalue weighted by molar-refractivity contribution is 5.07. The van der Waals surface area contributed by atoms with Gasteiger partial charge in [0, 0.05) is 11.5 Å². The van der Waals surface area contributed by atoms with Crippen molar-refractivity contribution in [3.8, 4) is 0 Å². The van der Waals surface area contributed by atoms with Crippen molar-refractivity contribution < 1.29 is 4.74 Å². The van der Waals surface area contributed by atoms with Crippen molar-refractivity contribution in [2.75, 3.05) is 6.54 Å². The van der Waals surface area contributed by atoms with Crippen LogP contribution in [0.2, 0.25) is 0 Å². The van der Waals surface area contributed by atoms with Gasteiger partial charge in [-0.3, -0.25) is 0 Å². The second-order valence-corrected chi connectivity index (χ2v) is 6.92. The molecule has 2 nitrogen and oxygen atoms in total. The van der Waals surface area contributed by atoms with Gasteiger partial charge in [-0.2, -0.15) is 0 Å². The minimum Gasteiger partial charge on any atom is -0.374 e. The van der Waals surface area contributed by atoms with Crippen LogP contribution in [-0.4, -0.2) is 24.8 Å². The van der Waals surface area contributed by atoms with Gasteiger partial charge in [-0.25, -0.2) is 0 Å². The largest absolute Gasteiger partial charge is 0.374 e. The third kappa shape index (κ3) is 3.39. The summed E-state index contributed by atoms with van der Waals surface area (Å²) in [5, 5.41) is 3.76. The van der Waals surface area contributed by atoms with E-state index < -0.39 is 0 Å². The topological polar surface area (TPSA) is 21.3 Å². The molecule has 2 unspecified atom stereocenters. The average molecular weight is 281 g/mol. The summed E-state index contributed by atoms with van der Waals surface area (Å²) in [5.41, 5.74) is 0.404. The van der Waals surface area contributed by atoms with Crippen LogP contribution in [0.1, 0.15) is 85.0 Å². The Bertz CT molecular complexity index is 267. The monoisotopic (exact) mass is 281 g/mol. The van der Waals surface area contributed by atoms with Crippen LogP contribution in [0.15, 0.2) is 0 Å². The van der Waals surface area contributed by atoms with E-state index in [1.54, 1.807) is 0 Å². The van der Waals surface area contributed by atoms with Crippen molar-refractivity contribution >= 4 is 0 Å². The zero-order valence-corrected chi connectivity index (χ0v) is 13.9. The first-order valence-corrected chi connectivity index (χ1v) is 9.15. The maximum atomic E-state index is 6.58. The van der Waals surface area contributed by atoms with Crippen molar-refractivity contribution in [1.29, 1.82) is 0 Å². The summed E-state index contributed by atoms with van der Waals surface area (Å²) in [6.45, 7) is 8.12. The minimum absolute atomic E-state index is 0.404. The SMILES string of the molecule is CCCNC1CC(OC2CCCCCC2)C1(CC)CC. The molecule has 2 heteroatoms. The van der Waals surface area contributed by atoms with Gasteiger partial charge in [0.05, 0.1) is 12.2 Å². The van der Waals surface area contributed by atoms with E-state index in [1.165, 1.54) is 64.2 Å². The molecule has 0 saturated heterocycles. The van der Waals surface area contributed by atoms with E-state index in [0.717, 1.165) is 6.54 Å². The first-order valence-electron chi connectivity index (χ1n) is 9.15. The molecule has 0 aromatic heterocycles. The van der Waals surface area contributed by atoms with Crippen molar-refractivity contribution in [2.24, 2.45) is 5.41 Å². The van der Waals surface area contributed by atoms with E-state index in [9.17, 15) is 0 Å². The Labute approximate surface area is 126 Å². The second-order valence-electron chi connectivity index (χ2n) is 6.92. The molecular weight excluding hydrogens is 246 g/mol. The van der Waals surface area contributed by atoms with Gasteiger partial charge < -0.3 is 10.1 Å². The van der Waals surface area contributed by atoms with Gasteiger partial charge in [-0.15, -0.1) is 0 Å². The highest BCUT2D eigenvalue weighted by Gasteiger charge is 2.53. The van der Waals surface area contributed by atoms with Gasteiger partial charge in [-0.05, 0) is 45.1 Å². The summed E-state index contributed by atoms with van der Waals surface area (Å²) in [6.07, 6.45) is 14.2. The zero-order chi connectivity index (χ0) is 14.4. The molecule has 0 radical (unpaired) electrons. The fourth-order valence-corrected chi connectivity index (χ4v) is 4.35. The van der Waals surface area contributed by atoms with Gasteiger partial charge in [0.25, 0.3) is 0 Å². The van der Waals surface area contributed by atoms with Crippen LogP contribution in [0.25, 0.3) is 0 Å². The van der Waals surface area contributed by atoms with Gasteiger partial charge in [0.2, 0.25) is 0 Å². The molecule has 2 aliphatic rings. The number of ether oxygens (including phenoxy) is 1. The first-order chi connectivity index (χ1) is 9.76. The summed E-state index contributed by atoms with van der Waals surface area (Å²) in [5.74, 6) is 0. The van der Waals surface area contributed by atoms with Crippen LogP contribution in [0.4, 0.5) is 0 Å². The van der Waals surface area contributed by atoms with Crippen molar-refractivity contribution in [3.05, 3.63) is 0 Å². The molecule has 0 amide bonds. The molecule has 0 aromatic rings. The molecule has 0 aliphatic heterocycles. The molecule has 2 rings (SSSR count). The van der Waals surface area contributed by atoms with Crippen LogP contribution in [0, 0.1) is 5.41 Å². The van der Waals surface area contributed by atoms with E-state index in [-0.39, 0.29) is 0 Å². The molecule has 118 valence electrons. The maximum Gasteiger partial charge on any atom is 0.0664 e. The van der Waals surface area contributed by atoms with E-state index >= 15 is 0 Å². The fourth-order valence-electron chi connectivity index (χ4n) is 4.35. The molecule has 20 heavy (non-hydrogen) atoms. The molecule has 1 N–H and O–H groups in total. The third-order valence-corrected chi connectivity index (χ3v) is 5.90. The molecule has 0 spiro atoms. The van der Waals surface area contributed by atoms with Gasteiger partial charge in [0.1, 0.15) is 0 Å². The van der Waals surface area contributed by atoms with Crippen LogP contribution in [0.3, 0.4) is 0 Å². The predicted molar refractivity (Wildman–Crippen MR) is 86.1 cm³/mol. The van der Waals surface area contributed by atoms with E-state index in [4.69, 9.17) is 4.74 Å². The minimum atomic E-state index is 0.404. The Kier molecular flexibility index (Phi) is 6.35. The Morgan fingerprint density at radius 2 is 1.65 bits per heavy atom. The Morgan fingerprint density at radius 1 is 1.00 bits per heavy atom. The van der Waals surface area contributed by atoms with E-state index in [2.05, 4.69) is 26.1 Å². The van der Waals surface area contributed by atoms with Gasteiger partial charge in [-0.1, -0.05) is 46.5 Å². The standard InChI is InChI=1S/C18H35NO/c1-4-13-19-16-14-17(18(16,5-2)6-3)20-15-11-9-7-8-10-12-15/h15-17,19H,4-14H2,1-3H3. The van der Waals surface area contributed by atoms with Crippen LogP contribution < -0.4 is 5.32 Å². The number of nitrogens with one attached hydrogen (secondary N) is 1. The van der Waals surface area contributed by atoms with Crippen molar-refractivity contribution in [3.63, 3.8) is 0 Å². The lowest BCUT2D eigenvalue weighted by Gasteiger charge is -2.56. The summed E-state index contributed by atoms with van der Waals surface area (Å²) >= 11 is 0. The Morgan fingerprint density at radius 3 is 2.20 bits per heavy atom. The Hall–Kier alpha value is -0.0800. The highest BCUT2D eigenvalue weighted by atomic mass is 16.5. The molecule has 2 saturated carbocycles. The lowest BCUT2D eigenvalue weighted by atomic mass is 9.58. The number of hydrogen-bond donors (Lipinski definition) is 1. The van der Waals surface area contributed by atoms with E-state index in [1.807, 2.05) is 0 Å². The molecule has 0 aromatic carbocycles. The van der Waals surface area contributed by atoms with Gasteiger partial charge >= 0.3 is 0 Å².